The minimum Gasteiger partial charge on any atom is -0.376 e. The van der Waals surface area contributed by atoms with Crippen LogP contribution in [0.3, 0.4) is 0 Å². The molecule has 5 heteroatoms. The molecule has 3 N–H and O–H groups in total. The van der Waals surface area contributed by atoms with Gasteiger partial charge in [-0.2, -0.15) is 0 Å². The van der Waals surface area contributed by atoms with Gasteiger partial charge >= 0.3 is 0 Å². The third-order valence-electron chi connectivity index (χ3n) is 4.67. The molecular formula is C13H22N2O2S. The highest BCUT2D eigenvalue weighted by molar-refractivity contribution is 8.01. The van der Waals surface area contributed by atoms with E-state index in [2.05, 4.69) is 5.32 Å². The van der Waals surface area contributed by atoms with Crippen LogP contribution in [0.5, 0.6) is 0 Å². The summed E-state index contributed by atoms with van der Waals surface area (Å²) in [6.45, 7) is 2.86. The van der Waals surface area contributed by atoms with Crippen LogP contribution in [-0.2, 0) is 9.53 Å². The summed E-state index contributed by atoms with van der Waals surface area (Å²) in [6.07, 6.45) is 4.51. The van der Waals surface area contributed by atoms with Crippen molar-refractivity contribution in [2.45, 2.75) is 55.5 Å². The van der Waals surface area contributed by atoms with Crippen molar-refractivity contribution in [1.82, 2.24) is 5.32 Å². The Morgan fingerprint density at radius 1 is 1.50 bits per heavy atom. The molecule has 0 aromatic rings. The molecule has 0 spiro atoms. The first-order chi connectivity index (χ1) is 8.62. The van der Waals surface area contributed by atoms with Crippen molar-refractivity contribution in [2.75, 3.05) is 12.4 Å². The van der Waals surface area contributed by atoms with Gasteiger partial charge in [0.1, 0.15) is 0 Å². The fourth-order valence-corrected chi connectivity index (χ4v) is 4.61. The van der Waals surface area contributed by atoms with Crippen molar-refractivity contribution in [3.05, 3.63) is 0 Å². The Hall–Kier alpha value is -0.260. The molecule has 0 aromatic carbocycles. The highest BCUT2D eigenvalue weighted by Gasteiger charge is 2.52. The molecule has 4 nitrogen and oxygen atoms in total. The van der Waals surface area contributed by atoms with Gasteiger partial charge in [-0.3, -0.25) is 4.79 Å². The van der Waals surface area contributed by atoms with E-state index in [1.807, 2.05) is 6.92 Å². The number of thioether (sulfide) groups is 1. The maximum Gasteiger partial charge on any atom is 0.236 e. The topological polar surface area (TPSA) is 64.4 Å². The fraction of sp³-hybridized carbons (Fsp3) is 0.923. The number of carbonyl (C=O) groups is 1. The van der Waals surface area contributed by atoms with E-state index in [1.54, 1.807) is 11.8 Å². The van der Waals surface area contributed by atoms with Crippen LogP contribution < -0.4 is 11.1 Å². The van der Waals surface area contributed by atoms with Crippen LogP contribution in [0.25, 0.3) is 0 Å². The first kappa shape index (κ1) is 12.8. The number of hydrogen-bond donors (Lipinski definition) is 2. The molecule has 1 amide bonds. The van der Waals surface area contributed by atoms with Gasteiger partial charge in [0.2, 0.25) is 5.91 Å². The van der Waals surface area contributed by atoms with Gasteiger partial charge in [0.15, 0.2) is 0 Å². The lowest BCUT2D eigenvalue weighted by molar-refractivity contribution is -0.140. The summed E-state index contributed by atoms with van der Waals surface area (Å²) in [7, 11) is 0. The predicted molar refractivity (Wildman–Crippen MR) is 72.5 cm³/mol. The zero-order valence-electron chi connectivity index (χ0n) is 10.9. The maximum atomic E-state index is 12.3. The molecule has 2 saturated heterocycles. The quantitative estimate of drug-likeness (QED) is 0.782. The average molecular weight is 270 g/mol. The SMILES string of the molecule is CC1(C(=O)NC2C(N)C3CCCOC32)CCCS1. The lowest BCUT2D eigenvalue weighted by Gasteiger charge is -2.52. The van der Waals surface area contributed by atoms with E-state index in [-0.39, 0.29) is 28.8 Å². The van der Waals surface area contributed by atoms with Crippen molar-refractivity contribution in [3.63, 3.8) is 0 Å². The number of hydrogen-bond acceptors (Lipinski definition) is 4. The Balaban J connectivity index is 1.61. The second kappa shape index (κ2) is 4.69. The van der Waals surface area contributed by atoms with Crippen molar-refractivity contribution >= 4 is 17.7 Å². The van der Waals surface area contributed by atoms with Gasteiger partial charge in [0.05, 0.1) is 16.9 Å². The molecule has 0 radical (unpaired) electrons. The van der Waals surface area contributed by atoms with Gasteiger partial charge in [0.25, 0.3) is 0 Å². The molecule has 0 bridgehead atoms. The highest BCUT2D eigenvalue weighted by Crippen LogP contribution is 2.40. The van der Waals surface area contributed by atoms with Crippen LogP contribution in [0.4, 0.5) is 0 Å². The first-order valence-electron chi connectivity index (χ1n) is 6.94. The lowest BCUT2D eigenvalue weighted by atomic mass is 9.68. The van der Waals surface area contributed by atoms with E-state index in [1.165, 1.54) is 0 Å². The zero-order valence-corrected chi connectivity index (χ0v) is 11.7. The summed E-state index contributed by atoms with van der Waals surface area (Å²) in [5.41, 5.74) is 6.17. The maximum absolute atomic E-state index is 12.3. The number of nitrogens with two attached hydrogens (primary N) is 1. The summed E-state index contributed by atoms with van der Waals surface area (Å²) in [5.74, 6) is 1.69. The van der Waals surface area contributed by atoms with Crippen LogP contribution in [0, 0.1) is 5.92 Å². The number of nitrogens with one attached hydrogen (secondary N) is 1. The summed E-state index contributed by atoms with van der Waals surface area (Å²) >= 11 is 1.77. The summed E-state index contributed by atoms with van der Waals surface area (Å²) < 4.78 is 5.50. The normalized spacial score (nSPS) is 47.2. The average Bonchev–Trinajstić information content (AvgIpc) is 2.83. The van der Waals surface area contributed by atoms with Crippen LogP contribution in [0.1, 0.15) is 32.6 Å². The molecule has 1 saturated carbocycles. The van der Waals surface area contributed by atoms with E-state index in [0.717, 1.165) is 38.0 Å². The van der Waals surface area contributed by atoms with Crippen LogP contribution >= 0.6 is 11.8 Å². The van der Waals surface area contributed by atoms with Crippen LogP contribution in [-0.4, -0.2) is 41.2 Å². The van der Waals surface area contributed by atoms with Gasteiger partial charge in [0, 0.05) is 18.6 Å². The molecule has 18 heavy (non-hydrogen) atoms. The number of ether oxygens (including phenoxy) is 1. The Kier molecular flexibility index (Phi) is 3.32. The third-order valence-corrected chi connectivity index (χ3v) is 6.19. The van der Waals surface area contributed by atoms with Crippen molar-refractivity contribution in [3.8, 4) is 0 Å². The smallest absolute Gasteiger partial charge is 0.236 e. The van der Waals surface area contributed by atoms with E-state index in [9.17, 15) is 4.79 Å². The Bertz CT molecular complexity index is 344. The van der Waals surface area contributed by atoms with E-state index >= 15 is 0 Å². The summed E-state index contributed by atoms with van der Waals surface area (Å²) in [5, 5.41) is 3.14. The van der Waals surface area contributed by atoms with E-state index < -0.39 is 0 Å². The van der Waals surface area contributed by atoms with Gasteiger partial charge in [-0.25, -0.2) is 0 Å². The number of rotatable bonds is 2. The molecule has 3 rings (SSSR count). The zero-order chi connectivity index (χ0) is 12.8. The molecule has 5 unspecified atom stereocenters. The Morgan fingerprint density at radius 2 is 2.33 bits per heavy atom. The van der Waals surface area contributed by atoms with Crippen LogP contribution in [0.2, 0.25) is 0 Å². The van der Waals surface area contributed by atoms with Gasteiger partial charge in [-0.05, 0) is 38.4 Å². The summed E-state index contributed by atoms with van der Waals surface area (Å²) in [4.78, 5) is 12.3. The van der Waals surface area contributed by atoms with Crippen molar-refractivity contribution < 1.29 is 9.53 Å². The lowest BCUT2D eigenvalue weighted by Crippen LogP contribution is -2.73. The number of carbonyl (C=O) groups excluding carboxylic acids is 1. The molecule has 3 fully saturated rings. The molecule has 102 valence electrons. The minimum absolute atomic E-state index is 0.0285. The Labute approximate surface area is 112 Å². The highest BCUT2D eigenvalue weighted by atomic mass is 32.2. The van der Waals surface area contributed by atoms with E-state index in [4.69, 9.17) is 10.5 Å². The third kappa shape index (κ3) is 1.96. The molecular weight excluding hydrogens is 248 g/mol. The molecule has 0 aromatic heterocycles. The molecule has 2 heterocycles. The molecule has 1 aliphatic carbocycles. The van der Waals surface area contributed by atoms with Crippen molar-refractivity contribution in [2.24, 2.45) is 11.7 Å². The first-order valence-corrected chi connectivity index (χ1v) is 7.92. The minimum atomic E-state index is -0.251. The monoisotopic (exact) mass is 270 g/mol. The van der Waals surface area contributed by atoms with Gasteiger partial charge in [-0.1, -0.05) is 0 Å². The number of amides is 1. The molecule has 5 atom stereocenters. The Morgan fingerprint density at radius 3 is 3.06 bits per heavy atom. The second-order valence-corrected chi connectivity index (χ2v) is 7.50. The predicted octanol–water partition coefficient (Wildman–Crippen LogP) is 0.893. The number of fused-ring (bicyclic) bond motifs is 1. The van der Waals surface area contributed by atoms with Crippen LogP contribution in [0.15, 0.2) is 0 Å². The van der Waals surface area contributed by atoms with Gasteiger partial charge < -0.3 is 15.8 Å². The molecule has 3 aliphatic rings. The van der Waals surface area contributed by atoms with Gasteiger partial charge in [-0.15, -0.1) is 11.8 Å². The molecule has 2 aliphatic heterocycles. The van der Waals surface area contributed by atoms with E-state index in [0.29, 0.717) is 5.92 Å². The standard InChI is InChI=1S/C13H22N2O2S/c1-13(5-3-7-18-13)12(16)15-10-9(14)8-4-2-6-17-11(8)10/h8-11H,2-7,14H2,1H3,(H,15,16). The second-order valence-electron chi connectivity index (χ2n) is 5.90. The van der Waals surface area contributed by atoms with Crippen molar-refractivity contribution in [1.29, 1.82) is 0 Å². The largest absolute Gasteiger partial charge is 0.376 e. The summed E-state index contributed by atoms with van der Waals surface area (Å²) in [6, 6.07) is 0.107. The fourth-order valence-electron chi connectivity index (χ4n) is 3.39.